The molecule has 4 rings (SSSR count). The first kappa shape index (κ1) is 16.1. The number of hydrogen-bond donors (Lipinski definition) is 2. The van der Waals surface area contributed by atoms with Gasteiger partial charge >= 0.3 is 0 Å². The van der Waals surface area contributed by atoms with E-state index in [-0.39, 0.29) is 11.3 Å². The summed E-state index contributed by atoms with van der Waals surface area (Å²) in [7, 11) is 0. The van der Waals surface area contributed by atoms with Crippen LogP contribution >= 0.6 is 11.3 Å². The second-order valence-electron chi connectivity index (χ2n) is 5.64. The lowest BCUT2D eigenvalue weighted by Gasteiger charge is -2.09. The number of thiazole rings is 1. The molecule has 0 saturated carbocycles. The van der Waals surface area contributed by atoms with E-state index in [1.807, 2.05) is 37.3 Å². The van der Waals surface area contributed by atoms with Crippen LogP contribution in [0.3, 0.4) is 0 Å². The van der Waals surface area contributed by atoms with Crippen molar-refractivity contribution >= 4 is 33.3 Å². The average Bonchev–Trinajstić information content (AvgIpc) is 3.08. The van der Waals surface area contributed by atoms with Gasteiger partial charge in [-0.05, 0) is 36.8 Å². The maximum atomic E-state index is 12.3. The highest BCUT2D eigenvalue weighted by molar-refractivity contribution is 7.21. The van der Waals surface area contributed by atoms with Crippen molar-refractivity contribution in [1.29, 1.82) is 0 Å². The predicted octanol–water partition coefficient (Wildman–Crippen LogP) is 3.00. The van der Waals surface area contributed by atoms with Crippen molar-refractivity contribution in [3.63, 3.8) is 0 Å². The highest BCUT2D eigenvalue weighted by atomic mass is 32.1. The summed E-state index contributed by atoms with van der Waals surface area (Å²) < 4.78 is 0. The number of H-pyrrole nitrogens is 1. The second kappa shape index (κ2) is 6.49. The van der Waals surface area contributed by atoms with Gasteiger partial charge < -0.3 is 5.32 Å². The number of fused-ring (bicyclic) bond motifs is 1. The number of benzene rings is 1. The smallest absolute Gasteiger partial charge is 0.276 e. The number of carbonyl (C=O) groups excluding carboxylic acids is 1. The zero-order valence-electron chi connectivity index (χ0n) is 13.7. The molecule has 7 nitrogen and oxygen atoms in total. The van der Waals surface area contributed by atoms with Crippen LogP contribution in [0.5, 0.6) is 0 Å². The Morgan fingerprint density at radius 3 is 2.85 bits per heavy atom. The van der Waals surface area contributed by atoms with Crippen molar-refractivity contribution in [3.05, 3.63) is 70.3 Å². The first-order valence-corrected chi connectivity index (χ1v) is 8.61. The molecule has 0 fully saturated rings. The Kier molecular flexibility index (Phi) is 4.02. The lowest BCUT2D eigenvalue weighted by atomic mass is 10.1. The number of rotatable bonds is 3. The standard InChI is InChI=1S/C18H13N5O2S/c1-10-4-5-11(17-21-13-3-2-8-19-18(13)26-17)9-14(10)20-16(25)12-6-7-15(24)23-22-12/h2-9H,1H3,(H,20,25)(H,23,24). The number of nitrogens with one attached hydrogen (secondary N) is 2. The van der Waals surface area contributed by atoms with Crippen LogP contribution in [-0.4, -0.2) is 26.1 Å². The minimum atomic E-state index is -0.396. The molecule has 128 valence electrons. The molecule has 26 heavy (non-hydrogen) atoms. The van der Waals surface area contributed by atoms with Crippen LogP contribution in [0.15, 0.2) is 53.5 Å². The number of pyridine rings is 1. The number of nitrogens with zero attached hydrogens (tertiary/aromatic N) is 3. The van der Waals surface area contributed by atoms with E-state index in [0.29, 0.717) is 5.69 Å². The van der Waals surface area contributed by atoms with E-state index in [0.717, 1.165) is 26.5 Å². The topological polar surface area (TPSA) is 101 Å². The predicted molar refractivity (Wildman–Crippen MR) is 100 cm³/mol. The Balaban J connectivity index is 1.66. The van der Waals surface area contributed by atoms with Gasteiger partial charge in [0.1, 0.15) is 21.0 Å². The highest BCUT2D eigenvalue weighted by Gasteiger charge is 2.12. The molecule has 2 N–H and O–H groups in total. The average molecular weight is 363 g/mol. The van der Waals surface area contributed by atoms with Gasteiger partial charge in [0, 0.05) is 23.5 Å². The van der Waals surface area contributed by atoms with Gasteiger partial charge in [-0.25, -0.2) is 15.1 Å². The molecule has 0 spiro atoms. The van der Waals surface area contributed by atoms with Crippen LogP contribution in [0.1, 0.15) is 16.1 Å². The van der Waals surface area contributed by atoms with E-state index >= 15 is 0 Å². The monoisotopic (exact) mass is 363 g/mol. The number of aromatic nitrogens is 4. The fourth-order valence-electron chi connectivity index (χ4n) is 2.44. The fourth-order valence-corrected chi connectivity index (χ4v) is 3.34. The molecule has 0 atom stereocenters. The summed E-state index contributed by atoms with van der Waals surface area (Å²) in [6.07, 6.45) is 1.74. The van der Waals surface area contributed by atoms with Crippen LogP contribution in [0.2, 0.25) is 0 Å². The second-order valence-corrected chi connectivity index (χ2v) is 6.61. The number of anilines is 1. The number of carbonyl (C=O) groups is 1. The van der Waals surface area contributed by atoms with Crippen molar-refractivity contribution in [1.82, 2.24) is 20.2 Å². The third kappa shape index (κ3) is 3.09. The summed E-state index contributed by atoms with van der Waals surface area (Å²) in [4.78, 5) is 33.2. The van der Waals surface area contributed by atoms with Crippen LogP contribution in [0.4, 0.5) is 5.69 Å². The molecule has 3 aromatic heterocycles. The fraction of sp³-hybridized carbons (Fsp3) is 0.0556. The summed E-state index contributed by atoms with van der Waals surface area (Å²) >= 11 is 1.49. The largest absolute Gasteiger partial charge is 0.320 e. The molecular weight excluding hydrogens is 350 g/mol. The maximum Gasteiger partial charge on any atom is 0.276 e. The Hall–Kier alpha value is -3.39. The molecule has 0 aliphatic rings. The molecule has 3 heterocycles. The quantitative estimate of drug-likeness (QED) is 0.583. The van der Waals surface area contributed by atoms with Gasteiger partial charge in [-0.1, -0.05) is 23.5 Å². The number of hydrogen-bond acceptors (Lipinski definition) is 6. The third-order valence-electron chi connectivity index (χ3n) is 3.81. The molecule has 0 aliphatic carbocycles. The van der Waals surface area contributed by atoms with Crippen LogP contribution in [-0.2, 0) is 0 Å². The van der Waals surface area contributed by atoms with Gasteiger partial charge in [0.2, 0.25) is 0 Å². The van der Waals surface area contributed by atoms with Crippen LogP contribution < -0.4 is 10.9 Å². The third-order valence-corrected chi connectivity index (χ3v) is 4.84. The van der Waals surface area contributed by atoms with Crippen LogP contribution in [0, 0.1) is 6.92 Å². The molecule has 0 unspecified atom stereocenters. The summed E-state index contributed by atoms with van der Waals surface area (Å²) in [6, 6.07) is 12.2. The summed E-state index contributed by atoms with van der Waals surface area (Å²) in [5.41, 5.74) is 3.08. The summed E-state index contributed by atoms with van der Waals surface area (Å²) in [6.45, 7) is 1.90. The van der Waals surface area contributed by atoms with E-state index in [9.17, 15) is 9.59 Å². The highest BCUT2D eigenvalue weighted by Crippen LogP contribution is 2.31. The van der Waals surface area contributed by atoms with Crippen molar-refractivity contribution in [2.45, 2.75) is 6.92 Å². The normalized spacial score (nSPS) is 10.8. The SMILES string of the molecule is Cc1ccc(-c2nc3cccnc3s2)cc1NC(=O)c1ccc(=O)[nH]n1. The lowest BCUT2D eigenvalue weighted by Crippen LogP contribution is -2.18. The van der Waals surface area contributed by atoms with Crippen molar-refractivity contribution < 1.29 is 4.79 Å². The van der Waals surface area contributed by atoms with E-state index in [1.54, 1.807) is 6.20 Å². The minimum absolute atomic E-state index is 0.138. The van der Waals surface area contributed by atoms with Gasteiger partial charge in [0.15, 0.2) is 0 Å². The first-order valence-electron chi connectivity index (χ1n) is 7.80. The van der Waals surface area contributed by atoms with Gasteiger partial charge in [0.25, 0.3) is 11.5 Å². The van der Waals surface area contributed by atoms with E-state index in [1.165, 1.54) is 23.5 Å². The van der Waals surface area contributed by atoms with E-state index in [2.05, 4.69) is 25.5 Å². The molecule has 0 radical (unpaired) electrons. The number of amides is 1. The minimum Gasteiger partial charge on any atom is -0.320 e. The molecule has 1 amide bonds. The Bertz CT molecular complexity index is 1130. The Morgan fingerprint density at radius 1 is 1.19 bits per heavy atom. The van der Waals surface area contributed by atoms with E-state index in [4.69, 9.17) is 0 Å². The molecular formula is C18H13N5O2S. The first-order chi connectivity index (χ1) is 12.6. The van der Waals surface area contributed by atoms with Gasteiger partial charge in [0.05, 0.1) is 0 Å². The molecule has 0 saturated heterocycles. The van der Waals surface area contributed by atoms with Gasteiger partial charge in [-0.3, -0.25) is 9.59 Å². The van der Waals surface area contributed by atoms with E-state index < -0.39 is 5.91 Å². The zero-order valence-corrected chi connectivity index (χ0v) is 14.5. The van der Waals surface area contributed by atoms with Crippen LogP contribution in [0.25, 0.3) is 20.9 Å². The lowest BCUT2D eigenvalue weighted by molar-refractivity contribution is 0.102. The molecule has 0 aliphatic heterocycles. The summed E-state index contributed by atoms with van der Waals surface area (Å²) in [5.74, 6) is -0.396. The summed E-state index contributed by atoms with van der Waals surface area (Å²) in [5, 5.41) is 9.65. The number of aryl methyl sites for hydroxylation is 1. The zero-order chi connectivity index (χ0) is 18.1. The molecule has 0 bridgehead atoms. The maximum absolute atomic E-state index is 12.3. The van der Waals surface area contributed by atoms with Crippen molar-refractivity contribution in [2.24, 2.45) is 0 Å². The number of aromatic amines is 1. The van der Waals surface area contributed by atoms with Gasteiger partial charge in [-0.2, -0.15) is 5.10 Å². The molecule has 4 aromatic rings. The van der Waals surface area contributed by atoms with Crippen molar-refractivity contribution in [3.8, 4) is 10.6 Å². The molecule has 1 aromatic carbocycles. The Morgan fingerprint density at radius 2 is 2.08 bits per heavy atom. The van der Waals surface area contributed by atoms with Gasteiger partial charge in [-0.15, -0.1) is 0 Å². The van der Waals surface area contributed by atoms with Crippen molar-refractivity contribution in [2.75, 3.05) is 5.32 Å². The molecule has 8 heteroatoms. The Labute approximate surface area is 151 Å².